The molecule has 2 saturated heterocycles. The van der Waals surface area contributed by atoms with Crippen molar-refractivity contribution in [3.8, 4) is 0 Å². The van der Waals surface area contributed by atoms with Crippen LogP contribution in [0.4, 0.5) is 39.4 Å². The van der Waals surface area contributed by atoms with Crippen molar-refractivity contribution in [2.75, 3.05) is 41.3 Å². The van der Waals surface area contributed by atoms with Crippen LogP contribution in [0.1, 0.15) is 27.2 Å². The molecule has 202 valence electrons. The lowest BCUT2D eigenvalue weighted by molar-refractivity contribution is -0.119. The number of amides is 2. The smallest absolute Gasteiger partial charge is 0.414 e. The Morgan fingerprint density at radius 3 is 2.53 bits per heavy atom. The van der Waals surface area contributed by atoms with Gasteiger partial charge in [-0.2, -0.15) is 0 Å². The van der Waals surface area contributed by atoms with Gasteiger partial charge < -0.3 is 20.3 Å². The first kappa shape index (κ1) is 27.0. The molecule has 2 heterocycles. The summed E-state index contributed by atoms with van der Waals surface area (Å²) in [6, 6.07) is 6.17. The summed E-state index contributed by atoms with van der Waals surface area (Å²) in [7, 11) is 0. The fourth-order valence-corrected chi connectivity index (χ4v) is 4.86. The molecule has 0 bridgehead atoms. The van der Waals surface area contributed by atoms with Crippen LogP contribution >= 0.6 is 0 Å². The highest BCUT2D eigenvalue weighted by Gasteiger charge is 2.56. The van der Waals surface area contributed by atoms with Gasteiger partial charge in [0.15, 0.2) is 17.5 Å². The van der Waals surface area contributed by atoms with E-state index in [1.807, 2.05) is 0 Å². The zero-order chi connectivity index (χ0) is 27.8. The van der Waals surface area contributed by atoms with Gasteiger partial charge in [0.05, 0.1) is 42.0 Å². The van der Waals surface area contributed by atoms with Gasteiger partial charge in [-0.15, -0.1) is 0 Å². The Kier molecular flexibility index (Phi) is 7.14. The van der Waals surface area contributed by atoms with E-state index < -0.39 is 46.5 Å². The van der Waals surface area contributed by atoms with Crippen molar-refractivity contribution in [2.24, 2.45) is 5.41 Å². The Labute approximate surface area is 217 Å². The molecule has 2 aromatic rings. The molecular formula is C26H27F4N5O3. The number of hydrogen-bond donors (Lipinski definition) is 2. The molecule has 38 heavy (non-hydrogen) atoms. The number of rotatable bonds is 6. The SMILES string of the molecule is [C-]#[N+]C1(Nc2ccc(F)c(F)c2F)CCN(c2ccc(N3C[C@H](CNC(C)=O)OC3=O)cc2F)CC1(C)C. The minimum Gasteiger partial charge on any atom is -0.442 e. The number of cyclic esters (lactones) is 1. The summed E-state index contributed by atoms with van der Waals surface area (Å²) in [6.07, 6.45) is -1.08. The van der Waals surface area contributed by atoms with Crippen LogP contribution in [0.2, 0.25) is 0 Å². The zero-order valence-electron chi connectivity index (χ0n) is 21.1. The average molecular weight is 534 g/mol. The van der Waals surface area contributed by atoms with Crippen molar-refractivity contribution in [2.45, 2.75) is 39.0 Å². The molecule has 2 aromatic carbocycles. The molecule has 2 N–H and O–H groups in total. The molecule has 12 heteroatoms. The lowest BCUT2D eigenvalue weighted by Crippen LogP contribution is -2.60. The molecule has 2 fully saturated rings. The van der Waals surface area contributed by atoms with Gasteiger partial charge in [-0.05, 0) is 44.2 Å². The molecule has 1 unspecified atom stereocenters. The van der Waals surface area contributed by atoms with Crippen molar-refractivity contribution < 1.29 is 31.9 Å². The topological polar surface area (TPSA) is 78.3 Å². The van der Waals surface area contributed by atoms with Crippen LogP contribution in [0.3, 0.4) is 0 Å². The quantitative estimate of drug-likeness (QED) is 0.321. The molecule has 8 nitrogen and oxygen atoms in total. The van der Waals surface area contributed by atoms with Gasteiger partial charge in [0.25, 0.3) is 0 Å². The number of halogens is 4. The number of nitrogens with one attached hydrogen (secondary N) is 2. The van der Waals surface area contributed by atoms with E-state index in [0.717, 1.165) is 12.1 Å². The van der Waals surface area contributed by atoms with Gasteiger partial charge >= 0.3 is 11.8 Å². The first-order valence-corrected chi connectivity index (χ1v) is 11.9. The second-order valence-corrected chi connectivity index (χ2v) is 10.1. The highest BCUT2D eigenvalue weighted by Crippen LogP contribution is 2.44. The second kappa shape index (κ2) is 10.0. The largest absolute Gasteiger partial charge is 0.442 e. The standard InChI is InChI=1S/C26H27F4N5O3/c1-15(36)32-12-17-13-35(24(37)38-17)16-5-8-21(19(28)11-16)34-10-9-26(31-4,25(2,3)14-34)33-20-7-6-18(27)22(29)23(20)30/h5-8,11,17,33H,9-10,12-14H2,1-3H3,(H,32,36)/t17-,26?/m0/s1. The molecule has 0 radical (unpaired) electrons. The van der Waals surface area contributed by atoms with E-state index in [1.165, 1.54) is 24.0 Å². The van der Waals surface area contributed by atoms with Gasteiger partial charge in [0.1, 0.15) is 11.9 Å². The number of hydrogen-bond acceptors (Lipinski definition) is 5. The molecular weight excluding hydrogens is 506 g/mol. The summed E-state index contributed by atoms with van der Waals surface area (Å²) in [5, 5.41) is 5.37. The Morgan fingerprint density at radius 1 is 1.16 bits per heavy atom. The van der Waals surface area contributed by atoms with Crippen LogP contribution < -0.4 is 20.4 Å². The minimum absolute atomic E-state index is 0.131. The number of nitrogens with zero attached hydrogens (tertiary/aromatic N) is 3. The fourth-order valence-electron chi connectivity index (χ4n) is 4.86. The van der Waals surface area contributed by atoms with Crippen molar-refractivity contribution in [3.05, 3.63) is 65.0 Å². The van der Waals surface area contributed by atoms with Crippen LogP contribution in [0.5, 0.6) is 0 Å². The highest BCUT2D eigenvalue weighted by atomic mass is 19.2. The Hall–Kier alpha value is -4.01. The van der Waals surface area contributed by atoms with Gasteiger partial charge in [0, 0.05) is 20.0 Å². The monoisotopic (exact) mass is 533 g/mol. The van der Waals surface area contributed by atoms with Crippen molar-refractivity contribution in [3.63, 3.8) is 0 Å². The summed E-state index contributed by atoms with van der Waals surface area (Å²) in [5.74, 6) is -5.22. The minimum atomic E-state index is -1.63. The molecule has 0 aliphatic carbocycles. The zero-order valence-corrected chi connectivity index (χ0v) is 21.1. The van der Waals surface area contributed by atoms with Crippen LogP contribution in [-0.4, -0.2) is 49.9 Å². The predicted octanol–water partition coefficient (Wildman–Crippen LogP) is 4.67. The van der Waals surface area contributed by atoms with E-state index in [9.17, 15) is 22.8 Å². The molecule has 0 aromatic heterocycles. The lowest BCUT2D eigenvalue weighted by atomic mass is 9.73. The molecule has 0 saturated carbocycles. The van der Waals surface area contributed by atoms with E-state index in [4.69, 9.17) is 11.3 Å². The molecule has 2 aliphatic rings. The molecule has 4 rings (SSSR count). The van der Waals surface area contributed by atoms with Crippen molar-refractivity contribution in [1.82, 2.24) is 5.32 Å². The van der Waals surface area contributed by atoms with Crippen LogP contribution in [-0.2, 0) is 9.53 Å². The second-order valence-electron chi connectivity index (χ2n) is 10.1. The number of carbonyl (C=O) groups excluding carboxylic acids is 2. The summed E-state index contributed by atoms with van der Waals surface area (Å²) in [4.78, 5) is 30.2. The number of ether oxygens (including phenoxy) is 1. The summed E-state index contributed by atoms with van der Waals surface area (Å²) >= 11 is 0. The third-order valence-electron chi connectivity index (χ3n) is 7.05. The number of carbonyl (C=O) groups is 2. The summed E-state index contributed by atoms with van der Waals surface area (Å²) in [6.45, 7) is 13.4. The normalized spacial score (nSPS) is 22.6. The van der Waals surface area contributed by atoms with E-state index in [0.29, 0.717) is 5.69 Å². The van der Waals surface area contributed by atoms with Crippen molar-refractivity contribution in [1.29, 1.82) is 0 Å². The van der Waals surface area contributed by atoms with E-state index in [2.05, 4.69) is 15.5 Å². The summed E-state index contributed by atoms with van der Waals surface area (Å²) in [5.41, 5.74) is -2.03. The fraction of sp³-hybridized carbons (Fsp3) is 0.423. The van der Waals surface area contributed by atoms with Crippen LogP contribution in [0.15, 0.2) is 30.3 Å². The van der Waals surface area contributed by atoms with Gasteiger partial charge in [0.2, 0.25) is 5.91 Å². The molecule has 2 amide bonds. The summed E-state index contributed by atoms with van der Waals surface area (Å²) < 4.78 is 62.1. The highest BCUT2D eigenvalue weighted by molar-refractivity contribution is 5.90. The number of piperidine rings is 1. The maximum Gasteiger partial charge on any atom is 0.414 e. The van der Waals surface area contributed by atoms with E-state index >= 15 is 4.39 Å². The Morgan fingerprint density at radius 2 is 1.89 bits per heavy atom. The predicted molar refractivity (Wildman–Crippen MR) is 133 cm³/mol. The van der Waals surface area contributed by atoms with E-state index in [-0.39, 0.29) is 49.9 Å². The Balaban J connectivity index is 1.51. The van der Waals surface area contributed by atoms with E-state index in [1.54, 1.807) is 24.8 Å². The molecule has 0 spiro atoms. The third kappa shape index (κ3) is 4.92. The van der Waals surface area contributed by atoms with Gasteiger partial charge in [-0.25, -0.2) is 28.9 Å². The van der Waals surface area contributed by atoms with Gasteiger partial charge in [-0.3, -0.25) is 14.5 Å². The maximum absolute atomic E-state index is 15.3. The molecule has 2 aliphatic heterocycles. The average Bonchev–Trinajstić information content (AvgIpc) is 3.24. The number of benzene rings is 2. The number of anilines is 3. The maximum atomic E-state index is 15.3. The molecule has 2 atom stereocenters. The van der Waals surface area contributed by atoms with Crippen LogP contribution in [0.25, 0.3) is 4.85 Å². The third-order valence-corrected chi connectivity index (χ3v) is 7.05. The Bertz CT molecular complexity index is 1310. The van der Waals surface area contributed by atoms with Crippen LogP contribution in [0, 0.1) is 35.3 Å². The van der Waals surface area contributed by atoms with Gasteiger partial charge in [-0.1, -0.05) is 0 Å². The van der Waals surface area contributed by atoms with Crippen molar-refractivity contribution >= 4 is 29.1 Å². The first-order chi connectivity index (χ1) is 17.9. The first-order valence-electron chi connectivity index (χ1n) is 11.9. The lowest BCUT2D eigenvalue weighted by Gasteiger charge is -2.46.